The molecule has 1 aromatic carbocycles. The van der Waals surface area contributed by atoms with Gasteiger partial charge in [0, 0.05) is 31.0 Å². The maximum absolute atomic E-state index is 12.1. The lowest BCUT2D eigenvalue weighted by Crippen LogP contribution is -2.30. The zero-order valence-electron chi connectivity index (χ0n) is 11.2. The minimum Gasteiger partial charge on any atom is -0.339 e. The highest BCUT2D eigenvalue weighted by Gasteiger charge is 2.13. The van der Waals surface area contributed by atoms with Crippen LogP contribution >= 0.6 is 0 Å². The van der Waals surface area contributed by atoms with Crippen LogP contribution in [-0.2, 0) is 0 Å². The molecule has 0 saturated heterocycles. The van der Waals surface area contributed by atoms with E-state index in [0.717, 1.165) is 5.56 Å². The fourth-order valence-corrected chi connectivity index (χ4v) is 1.87. The first-order chi connectivity index (χ1) is 9.26. The summed E-state index contributed by atoms with van der Waals surface area (Å²) in [5.74, 6) is 0.612. The van der Waals surface area contributed by atoms with Crippen LogP contribution in [-0.4, -0.2) is 33.9 Å². The van der Waals surface area contributed by atoms with E-state index in [0.29, 0.717) is 24.5 Å². The summed E-state index contributed by atoms with van der Waals surface area (Å²) < 4.78 is 0. The van der Waals surface area contributed by atoms with Crippen LogP contribution in [0.3, 0.4) is 0 Å². The highest BCUT2D eigenvalue weighted by atomic mass is 16.2. The summed E-state index contributed by atoms with van der Waals surface area (Å²) in [5.41, 5.74) is 1.48. The normalized spacial score (nSPS) is 10.2. The van der Waals surface area contributed by atoms with E-state index < -0.39 is 0 Å². The van der Waals surface area contributed by atoms with Crippen molar-refractivity contribution in [1.82, 2.24) is 14.9 Å². The van der Waals surface area contributed by atoms with E-state index in [1.807, 2.05) is 44.2 Å². The van der Waals surface area contributed by atoms with Crippen LogP contribution in [0.4, 0.5) is 0 Å². The molecule has 0 aliphatic carbocycles. The van der Waals surface area contributed by atoms with Gasteiger partial charge in [0.1, 0.15) is 0 Å². The van der Waals surface area contributed by atoms with Crippen LogP contribution < -0.4 is 0 Å². The summed E-state index contributed by atoms with van der Waals surface area (Å²) in [4.78, 5) is 22.4. The Kier molecular flexibility index (Phi) is 4.23. The fraction of sp³-hybridized carbons (Fsp3) is 0.267. The molecule has 1 amide bonds. The lowest BCUT2D eigenvalue weighted by atomic mass is 10.2. The molecule has 0 unspecified atom stereocenters. The van der Waals surface area contributed by atoms with Gasteiger partial charge in [0.2, 0.25) is 0 Å². The molecule has 4 nitrogen and oxygen atoms in total. The number of hydrogen-bond acceptors (Lipinski definition) is 3. The molecule has 4 heteroatoms. The molecule has 0 spiro atoms. The largest absolute Gasteiger partial charge is 0.339 e. The molecule has 2 aromatic rings. The molecule has 2 rings (SSSR count). The molecule has 0 radical (unpaired) electrons. The lowest BCUT2D eigenvalue weighted by Gasteiger charge is -2.18. The van der Waals surface area contributed by atoms with Crippen molar-refractivity contribution >= 4 is 5.91 Å². The van der Waals surface area contributed by atoms with Crippen LogP contribution in [0.25, 0.3) is 11.4 Å². The average Bonchev–Trinajstić information content (AvgIpc) is 2.49. The van der Waals surface area contributed by atoms with Crippen LogP contribution in [0, 0.1) is 0 Å². The summed E-state index contributed by atoms with van der Waals surface area (Å²) >= 11 is 0. The minimum atomic E-state index is -0.0235. The standard InChI is InChI=1S/C15H17N3O/c1-3-18(4-2)15(19)13-10-16-14(17-11-13)12-8-6-5-7-9-12/h5-11H,3-4H2,1-2H3. The van der Waals surface area contributed by atoms with Gasteiger partial charge in [0.05, 0.1) is 5.56 Å². The monoisotopic (exact) mass is 255 g/mol. The third-order valence-electron chi connectivity index (χ3n) is 2.98. The molecule has 0 atom stereocenters. The Bertz CT molecular complexity index is 533. The Balaban J connectivity index is 2.22. The van der Waals surface area contributed by atoms with Crippen LogP contribution in [0.2, 0.25) is 0 Å². The molecule has 1 aromatic heterocycles. The first-order valence-electron chi connectivity index (χ1n) is 6.43. The van der Waals surface area contributed by atoms with Gasteiger partial charge in [-0.25, -0.2) is 9.97 Å². The summed E-state index contributed by atoms with van der Waals surface area (Å²) in [6, 6.07) is 9.71. The molecule has 1 heterocycles. The van der Waals surface area contributed by atoms with Crippen molar-refractivity contribution in [3.05, 3.63) is 48.3 Å². The number of rotatable bonds is 4. The molecular weight excluding hydrogens is 238 g/mol. The van der Waals surface area contributed by atoms with Gasteiger partial charge < -0.3 is 4.90 Å². The molecule has 0 aliphatic rings. The lowest BCUT2D eigenvalue weighted by molar-refractivity contribution is 0.0772. The summed E-state index contributed by atoms with van der Waals surface area (Å²) in [6.45, 7) is 5.30. The van der Waals surface area contributed by atoms with Crippen LogP contribution in [0.5, 0.6) is 0 Å². The number of nitrogens with zero attached hydrogens (tertiary/aromatic N) is 3. The van der Waals surface area contributed by atoms with Gasteiger partial charge in [-0.05, 0) is 13.8 Å². The topological polar surface area (TPSA) is 46.1 Å². The molecule has 0 bridgehead atoms. The third-order valence-corrected chi connectivity index (χ3v) is 2.98. The van der Waals surface area contributed by atoms with Crippen molar-refractivity contribution in [3.8, 4) is 11.4 Å². The van der Waals surface area contributed by atoms with Crippen molar-refractivity contribution in [2.75, 3.05) is 13.1 Å². The molecule has 0 N–H and O–H groups in total. The molecule has 98 valence electrons. The van der Waals surface area contributed by atoms with Crippen molar-refractivity contribution < 1.29 is 4.79 Å². The number of benzene rings is 1. The Morgan fingerprint density at radius 3 is 2.16 bits per heavy atom. The SMILES string of the molecule is CCN(CC)C(=O)c1cnc(-c2ccccc2)nc1. The molecule has 0 fully saturated rings. The highest BCUT2D eigenvalue weighted by molar-refractivity contribution is 5.93. The molecule has 0 aliphatic heterocycles. The Labute approximate surface area is 113 Å². The van der Waals surface area contributed by atoms with E-state index in [1.54, 1.807) is 17.3 Å². The summed E-state index contributed by atoms with van der Waals surface area (Å²) in [6.07, 6.45) is 3.19. The van der Waals surface area contributed by atoms with Gasteiger partial charge in [-0.1, -0.05) is 30.3 Å². The summed E-state index contributed by atoms with van der Waals surface area (Å²) in [5, 5.41) is 0. The van der Waals surface area contributed by atoms with E-state index in [1.165, 1.54) is 0 Å². The van der Waals surface area contributed by atoms with Gasteiger partial charge in [-0.2, -0.15) is 0 Å². The van der Waals surface area contributed by atoms with E-state index in [2.05, 4.69) is 9.97 Å². The van der Waals surface area contributed by atoms with Crippen LogP contribution in [0.1, 0.15) is 24.2 Å². The second kappa shape index (κ2) is 6.09. The average molecular weight is 255 g/mol. The molecule has 19 heavy (non-hydrogen) atoms. The predicted molar refractivity (Wildman–Crippen MR) is 74.7 cm³/mol. The van der Waals surface area contributed by atoms with E-state index >= 15 is 0 Å². The van der Waals surface area contributed by atoms with Gasteiger partial charge in [0.25, 0.3) is 5.91 Å². The van der Waals surface area contributed by atoms with Crippen molar-refractivity contribution in [1.29, 1.82) is 0 Å². The predicted octanol–water partition coefficient (Wildman–Crippen LogP) is 2.63. The van der Waals surface area contributed by atoms with E-state index in [-0.39, 0.29) is 5.91 Å². The zero-order chi connectivity index (χ0) is 13.7. The van der Waals surface area contributed by atoms with Gasteiger partial charge >= 0.3 is 0 Å². The van der Waals surface area contributed by atoms with Crippen molar-refractivity contribution in [2.24, 2.45) is 0 Å². The number of hydrogen-bond donors (Lipinski definition) is 0. The number of carbonyl (C=O) groups excluding carboxylic acids is 1. The Hall–Kier alpha value is -2.23. The number of amides is 1. The Morgan fingerprint density at radius 1 is 1.05 bits per heavy atom. The highest BCUT2D eigenvalue weighted by Crippen LogP contribution is 2.13. The smallest absolute Gasteiger partial charge is 0.256 e. The molecular formula is C15H17N3O. The minimum absolute atomic E-state index is 0.0235. The molecule has 0 saturated carbocycles. The van der Waals surface area contributed by atoms with E-state index in [4.69, 9.17) is 0 Å². The summed E-state index contributed by atoms with van der Waals surface area (Å²) in [7, 11) is 0. The van der Waals surface area contributed by atoms with E-state index in [9.17, 15) is 4.79 Å². The number of carbonyl (C=O) groups is 1. The van der Waals surface area contributed by atoms with Gasteiger partial charge in [0.15, 0.2) is 5.82 Å². The van der Waals surface area contributed by atoms with Gasteiger partial charge in [-0.15, -0.1) is 0 Å². The van der Waals surface area contributed by atoms with Crippen LogP contribution in [0.15, 0.2) is 42.7 Å². The van der Waals surface area contributed by atoms with Gasteiger partial charge in [-0.3, -0.25) is 4.79 Å². The van der Waals surface area contributed by atoms with Crippen molar-refractivity contribution in [3.63, 3.8) is 0 Å². The second-order valence-electron chi connectivity index (χ2n) is 4.14. The number of aromatic nitrogens is 2. The fourth-order valence-electron chi connectivity index (χ4n) is 1.87. The van der Waals surface area contributed by atoms with Crippen molar-refractivity contribution in [2.45, 2.75) is 13.8 Å². The first kappa shape index (κ1) is 13.2. The maximum atomic E-state index is 12.1. The zero-order valence-corrected chi connectivity index (χ0v) is 11.2. The maximum Gasteiger partial charge on any atom is 0.256 e. The first-order valence-corrected chi connectivity index (χ1v) is 6.43. The second-order valence-corrected chi connectivity index (χ2v) is 4.14. The quantitative estimate of drug-likeness (QED) is 0.843. The third kappa shape index (κ3) is 2.96. The Morgan fingerprint density at radius 2 is 1.63 bits per heavy atom.